The number of fused-ring (bicyclic) bond motifs is 1. The summed E-state index contributed by atoms with van der Waals surface area (Å²) in [6, 6.07) is 3.71. The quantitative estimate of drug-likeness (QED) is 0.548. The second-order valence-electron chi connectivity index (χ2n) is 7.61. The lowest BCUT2D eigenvalue weighted by atomic mass is 9.85. The number of rotatable bonds is 5. The molecule has 1 fully saturated rings. The van der Waals surface area contributed by atoms with Crippen molar-refractivity contribution in [2.45, 2.75) is 37.9 Å². The molecule has 0 aromatic heterocycles. The Morgan fingerprint density at radius 3 is 1.69 bits per heavy atom. The molecule has 1 aliphatic rings. The molecular formula is C21H19F3N2O6. The van der Waals surface area contributed by atoms with Crippen LogP contribution < -0.4 is 11.1 Å². The van der Waals surface area contributed by atoms with Gasteiger partial charge < -0.3 is 21.3 Å². The number of aromatic carboxylic acids is 2. The number of nitrogens with two attached hydrogens (primary N) is 1. The largest absolute Gasteiger partial charge is 0.478 e. The Balaban J connectivity index is 2.05. The zero-order valence-corrected chi connectivity index (χ0v) is 16.5. The SMILES string of the molecule is NC(=O)c1ccc(C(=O)NC2CCC(C(F)(F)F)CC2)c2c(C(=O)O)ccc(C(=O)O)c12. The molecule has 0 aliphatic heterocycles. The van der Waals surface area contributed by atoms with Gasteiger partial charge in [-0.3, -0.25) is 9.59 Å². The summed E-state index contributed by atoms with van der Waals surface area (Å²) in [5.41, 5.74) is 4.00. The highest BCUT2D eigenvalue weighted by Crippen LogP contribution is 2.38. The summed E-state index contributed by atoms with van der Waals surface area (Å²) >= 11 is 0. The standard InChI is InChI=1S/C21H19F3N2O6/c22-21(23,24)9-1-3-10(4-2-9)26-18(28)12-6-5-11(17(25)27)15-13(19(29)30)7-8-14(16(12)15)20(31)32/h5-10H,1-4H2,(H2,25,27)(H,26,28)(H,29,30)(H,31,32). The smallest absolute Gasteiger partial charge is 0.391 e. The highest BCUT2D eigenvalue weighted by Gasteiger charge is 2.41. The fourth-order valence-corrected chi connectivity index (χ4v) is 4.07. The highest BCUT2D eigenvalue weighted by atomic mass is 19.4. The number of benzene rings is 2. The van der Waals surface area contributed by atoms with E-state index in [1.165, 1.54) is 0 Å². The molecule has 11 heteroatoms. The number of halogens is 3. The molecule has 2 aromatic carbocycles. The first-order valence-corrected chi connectivity index (χ1v) is 9.65. The van der Waals surface area contributed by atoms with Crippen LogP contribution in [-0.2, 0) is 0 Å². The van der Waals surface area contributed by atoms with Crippen LogP contribution in [0.5, 0.6) is 0 Å². The van der Waals surface area contributed by atoms with Gasteiger partial charge in [-0.05, 0) is 49.9 Å². The van der Waals surface area contributed by atoms with Crippen LogP contribution in [-0.4, -0.2) is 46.2 Å². The van der Waals surface area contributed by atoms with E-state index in [1.54, 1.807) is 0 Å². The third-order valence-corrected chi connectivity index (χ3v) is 5.66. The Hall–Kier alpha value is -3.63. The normalized spacial score (nSPS) is 18.8. The maximum absolute atomic E-state index is 13.0. The van der Waals surface area contributed by atoms with E-state index in [9.17, 15) is 42.6 Å². The van der Waals surface area contributed by atoms with E-state index >= 15 is 0 Å². The van der Waals surface area contributed by atoms with E-state index < -0.39 is 53.0 Å². The number of carbonyl (C=O) groups excluding carboxylic acids is 2. The molecule has 0 saturated heterocycles. The molecule has 0 bridgehead atoms. The number of primary amides is 1. The maximum atomic E-state index is 13.0. The third-order valence-electron chi connectivity index (χ3n) is 5.66. The van der Waals surface area contributed by atoms with Crippen molar-refractivity contribution >= 4 is 34.5 Å². The van der Waals surface area contributed by atoms with Gasteiger partial charge in [-0.25, -0.2) is 9.59 Å². The zero-order chi connectivity index (χ0) is 23.8. The monoisotopic (exact) mass is 452 g/mol. The molecule has 5 N–H and O–H groups in total. The second-order valence-corrected chi connectivity index (χ2v) is 7.61. The lowest BCUT2D eigenvalue weighted by Crippen LogP contribution is -2.40. The number of nitrogens with one attached hydrogen (secondary N) is 1. The van der Waals surface area contributed by atoms with Crippen LogP contribution in [0.25, 0.3) is 10.8 Å². The average Bonchev–Trinajstić information content (AvgIpc) is 2.71. The van der Waals surface area contributed by atoms with Gasteiger partial charge in [-0.15, -0.1) is 0 Å². The number of amides is 2. The number of hydrogen-bond acceptors (Lipinski definition) is 4. The van der Waals surface area contributed by atoms with Crippen LogP contribution in [0.4, 0.5) is 13.2 Å². The van der Waals surface area contributed by atoms with Crippen molar-refractivity contribution in [3.8, 4) is 0 Å². The van der Waals surface area contributed by atoms with Gasteiger partial charge in [0.15, 0.2) is 0 Å². The molecule has 2 aromatic rings. The molecule has 0 atom stereocenters. The van der Waals surface area contributed by atoms with E-state index in [0.29, 0.717) is 0 Å². The molecule has 1 saturated carbocycles. The maximum Gasteiger partial charge on any atom is 0.391 e. The van der Waals surface area contributed by atoms with Crippen molar-refractivity contribution < 1.29 is 42.6 Å². The van der Waals surface area contributed by atoms with Gasteiger partial charge in [-0.1, -0.05) is 0 Å². The van der Waals surface area contributed by atoms with Gasteiger partial charge >= 0.3 is 18.1 Å². The molecule has 0 radical (unpaired) electrons. The number of alkyl halides is 3. The van der Waals surface area contributed by atoms with E-state index in [1.807, 2.05) is 0 Å². The van der Waals surface area contributed by atoms with Gasteiger partial charge in [-0.2, -0.15) is 13.2 Å². The van der Waals surface area contributed by atoms with Crippen LogP contribution in [0, 0.1) is 5.92 Å². The third kappa shape index (κ3) is 4.36. The van der Waals surface area contributed by atoms with Crippen LogP contribution in [0.3, 0.4) is 0 Å². The van der Waals surface area contributed by atoms with Crippen molar-refractivity contribution in [2.75, 3.05) is 0 Å². The molecule has 0 unspecified atom stereocenters. The average molecular weight is 452 g/mol. The first kappa shape index (κ1) is 23.0. The molecule has 0 spiro atoms. The molecular weight excluding hydrogens is 433 g/mol. The number of carboxylic acid groups (broad SMARTS) is 2. The van der Waals surface area contributed by atoms with Crippen LogP contribution in [0.2, 0.25) is 0 Å². The van der Waals surface area contributed by atoms with Crippen LogP contribution >= 0.6 is 0 Å². The number of carbonyl (C=O) groups is 4. The van der Waals surface area contributed by atoms with Gasteiger partial charge in [0.2, 0.25) is 5.91 Å². The molecule has 1 aliphatic carbocycles. The van der Waals surface area contributed by atoms with E-state index in [0.717, 1.165) is 24.3 Å². The topological polar surface area (TPSA) is 147 Å². The van der Waals surface area contributed by atoms with Crippen LogP contribution in [0.15, 0.2) is 24.3 Å². The van der Waals surface area contributed by atoms with Crippen LogP contribution in [0.1, 0.15) is 67.1 Å². The lowest BCUT2D eigenvalue weighted by molar-refractivity contribution is -0.182. The Kier molecular flexibility index (Phi) is 6.11. The summed E-state index contributed by atoms with van der Waals surface area (Å²) in [4.78, 5) is 48.3. The summed E-state index contributed by atoms with van der Waals surface area (Å²) in [6.07, 6.45) is -4.45. The first-order chi connectivity index (χ1) is 14.9. The van der Waals surface area contributed by atoms with Gasteiger partial charge in [0.25, 0.3) is 5.91 Å². The minimum absolute atomic E-state index is 0.0827. The van der Waals surface area contributed by atoms with Crippen molar-refractivity contribution in [3.05, 3.63) is 46.5 Å². The summed E-state index contributed by atoms with van der Waals surface area (Å²) in [7, 11) is 0. The molecule has 2 amide bonds. The zero-order valence-electron chi connectivity index (χ0n) is 16.5. The van der Waals surface area contributed by atoms with Crippen molar-refractivity contribution in [1.82, 2.24) is 5.32 Å². The fraction of sp³-hybridized carbons (Fsp3) is 0.333. The first-order valence-electron chi connectivity index (χ1n) is 9.65. The predicted molar refractivity (Wildman–Crippen MR) is 106 cm³/mol. The van der Waals surface area contributed by atoms with E-state index in [2.05, 4.69) is 5.32 Å². The number of carboxylic acids is 2. The molecule has 3 rings (SSSR count). The Labute approximate surface area is 179 Å². The molecule has 0 heterocycles. The fourth-order valence-electron chi connectivity index (χ4n) is 4.07. The Morgan fingerprint density at radius 2 is 1.25 bits per heavy atom. The predicted octanol–water partition coefficient (Wildman–Crippen LogP) is 3.19. The van der Waals surface area contributed by atoms with Gasteiger partial charge in [0.1, 0.15) is 0 Å². The van der Waals surface area contributed by atoms with E-state index in [-0.39, 0.29) is 47.6 Å². The Bertz CT molecular complexity index is 1100. The summed E-state index contributed by atoms with van der Waals surface area (Å²) in [6.45, 7) is 0. The molecule has 8 nitrogen and oxygen atoms in total. The highest BCUT2D eigenvalue weighted by molar-refractivity contribution is 6.23. The summed E-state index contributed by atoms with van der Waals surface area (Å²) < 4.78 is 38.6. The van der Waals surface area contributed by atoms with Crippen molar-refractivity contribution in [3.63, 3.8) is 0 Å². The molecule has 32 heavy (non-hydrogen) atoms. The number of hydrogen-bond donors (Lipinski definition) is 4. The minimum Gasteiger partial charge on any atom is -0.478 e. The van der Waals surface area contributed by atoms with Crippen molar-refractivity contribution in [2.24, 2.45) is 11.7 Å². The lowest BCUT2D eigenvalue weighted by Gasteiger charge is -2.30. The van der Waals surface area contributed by atoms with E-state index in [4.69, 9.17) is 5.73 Å². The summed E-state index contributed by atoms with van der Waals surface area (Å²) in [5, 5.41) is 21.1. The molecule has 170 valence electrons. The van der Waals surface area contributed by atoms with Gasteiger partial charge in [0, 0.05) is 27.9 Å². The summed E-state index contributed by atoms with van der Waals surface area (Å²) in [5.74, 6) is -6.17. The van der Waals surface area contributed by atoms with Gasteiger partial charge in [0.05, 0.1) is 17.0 Å². The van der Waals surface area contributed by atoms with Crippen molar-refractivity contribution in [1.29, 1.82) is 0 Å². The minimum atomic E-state index is -4.31. The Morgan fingerprint density at radius 1 is 0.812 bits per heavy atom. The second kappa shape index (κ2) is 8.48.